The molecule has 0 aliphatic heterocycles. The highest BCUT2D eigenvalue weighted by molar-refractivity contribution is 6.31. The van der Waals surface area contributed by atoms with E-state index in [4.69, 9.17) is 0 Å². The number of carbonyl (C=O) groups excluding carboxylic acids is 3. The maximum atomic E-state index is 13.7. The van der Waals surface area contributed by atoms with Crippen LogP contribution < -0.4 is 0 Å². The van der Waals surface area contributed by atoms with Gasteiger partial charge in [-0.3, -0.25) is 14.4 Å². The topological polar surface area (TPSA) is 51.2 Å². The molecule has 0 amide bonds. The summed E-state index contributed by atoms with van der Waals surface area (Å²) in [6.07, 6.45) is 0. The van der Waals surface area contributed by atoms with Gasteiger partial charge in [0.2, 0.25) is 0 Å². The first-order valence-electron chi connectivity index (χ1n) is 12.9. The Balaban J connectivity index is 2.04. The zero-order valence-corrected chi connectivity index (χ0v) is 23.7. The third kappa shape index (κ3) is 6.52. The summed E-state index contributed by atoms with van der Waals surface area (Å²) in [5, 5.41) is 0. The Morgan fingerprint density at radius 1 is 0.405 bits per heavy atom. The minimum absolute atomic E-state index is 0.0732. The molecule has 194 valence electrons. The van der Waals surface area contributed by atoms with Crippen LogP contribution in [0.4, 0.5) is 0 Å². The molecule has 0 saturated carbocycles. The van der Waals surface area contributed by atoms with Crippen molar-refractivity contribution in [1.29, 1.82) is 0 Å². The van der Waals surface area contributed by atoms with Crippen LogP contribution in [0.1, 0.15) is 110 Å². The fraction of sp³-hybridized carbons (Fsp3) is 0.382. The van der Waals surface area contributed by atoms with Crippen LogP contribution in [0.2, 0.25) is 0 Å². The standard InChI is InChI=1S/C34H40O3/c1-32(2,3)25-16-10-22(11-17-25)29(35)28(30(36)23-12-18-26(19-13-23)33(4,5)6)31(37)24-14-20-27(21-15-24)34(7,8)9/h10-21,28H,1-9H3. The summed E-state index contributed by atoms with van der Waals surface area (Å²) in [5.74, 6) is -2.87. The molecular weight excluding hydrogens is 456 g/mol. The van der Waals surface area contributed by atoms with E-state index >= 15 is 0 Å². The van der Waals surface area contributed by atoms with Gasteiger partial charge < -0.3 is 0 Å². The summed E-state index contributed by atoms with van der Waals surface area (Å²) in [6, 6.07) is 21.7. The number of carbonyl (C=O) groups is 3. The average molecular weight is 497 g/mol. The van der Waals surface area contributed by atoms with Gasteiger partial charge >= 0.3 is 0 Å². The Kier molecular flexibility index (Phi) is 7.79. The summed E-state index contributed by atoms with van der Waals surface area (Å²) in [6.45, 7) is 18.9. The second kappa shape index (κ2) is 10.2. The van der Waals surface area contributed by atoms with Crippen molar-refractivity contribution in [2.75, 3.05) is 0 Å². The van der Waals surface area contributed by atoms with E-state index in [9.17, 15) is 14.4 Å². The molecule has 0 aliphatic rings. The predicted molar refractivity (Wildman–Crippen MR) is 152 cm³/mol. The van der Waals surface area contributed by atoms with Gasteiger partial charge in [-0.15, -0.1) is 0 Å². The van der Waals surface area contributed by atoms with Crippen LogP contribution in [-0.4, -0.2) is 17.3 Å². The molecule has 0 radical (unpaired) electrons. The molecule has 0 bridgehead atoms. The summed E-state index contributed by atoms with van der Waals surface area (Å²) in [7, 11) is 0. The van der Waals surface area contributed by atoms with Gasteiger partial charge in [-0.05, 0) is 32.9 Å². The molecule has 0 unspecified atom stereocenters. The van der Waals surface area contributed by atoms with Crippen LogP contribution >= 0.6 is 0 Å². The minimum atomic E-state index is -1.44. The van der Waals surface area contributed by atoms with Crippen molar-refractivity contribution < 1.29 is 14.4 Å². The van der Waals surface area contributed by atoms with Crippen LogP contribution in [0.5, 0.6) is 0 Å². The van der Waals surface area contributed by atoms with Crippen molar-refractivity contribution in [1.82, 2.24) is 0 Å². The molecule has 0 aromatic heterocycles. The van der Waals surface area contributed by atoms with E-state index in [-0.39, 0.29) is 16.2 Å². The zero-order valence-electron chi connectivity index (χ0n) is 23.7. The van der Waals surface area contributed by atoms with E-state index in [1.54, 1.807) is 36.4 Å². The van der Waals surface area contributed by atoms with E-state index < -0.39 is 23.3 Å². The lowest BCUT2D eigenvalue weighted by Crippen LogP contribution is -2.32. The van der Waals surface area contributed by atoms with E-state index in [1.807, 2.05) is 36.4 Å². The van der Waals surface area contributed by atoms with E-state index in [1.165, 1.54) is 0 Å². The van der Waals surface area contributed by atoms with Crippen LogP contribution in [0.15, 0.2) is 72.8 Å². The van der Waals surface area contributed by atoms with Crippen molar-refractivity contribution in [3.05, 3.63) is 106 Å². The van der Waals surface area contributed by atoms with E-state index in [0.717, 1.165) is 16.7 Å². The van der Waals surface area contributed by atoms with Gasteiger partial charge in [-0.1, -0.05) is 135 Å². The second-order valence-corrected chi connectivity index (χ2v) is 13.0. The first-order chi connectivity index (χ1) is 17.0. The number of benzene rings is 3. The molecule has 0 saturated heterocycles. The van der Waals surface area contributed by atoms with Crippen molar-refractivity contribution in [3.8, 4) is 0 Å². The third-order valence-electron chi connectivity index (χ3n) is 6.89. The zero-order chi connectivity index (χ0) is 27.8. The van der Waals surface area contributed by atoms with E-state index in [2.05, 4.69) is 62.3 Å². The van der Waals surface area contributed by atoms with Crippen LogP contribution in [0, 0.1) is 5.92 Å². The molecule has 0 fully saturated rings. The molecule has 3 aromatic carbocycles. The maximum Gasteiger partial charge on any atom is 0.181 e. The molecule has 3 heteroatoms. The van der Waals surface area contributed by atoms with Crippen LogP contribution in [0.25, 0.3) is 0 Å². The summed E-state index contributed by atoms with van der Waals surface area (Å²) >= 11 is 0. The molecule has 3 aromatic rings. The maximum absolute atomic E-state index is 13.7. The Labute approximate surface area is 222 Å². The molecule has 0 N–H and O–H groups in total. The van der Waals surface area contributed by atoms with Crippen molar-refractivity contribution >= 4 is 17.3 Å². The fourth-order valence-corrected chi connectivity index (χ4v) is 4.26. The van der Waals surface area contributed by atoms with Gasteiger partial charge in [0.05, 0.1) is 0 Å². The quantitative estimate of drug-likeness (QED) is 0.256. The molecule has 0 heterocycles. The van der Waals surface area contributed by atoms with Gasteiger partial charge in [0.1, 0.15) is 5.92 Å². The van der Waals surface area contributed by atoms with Crippen molar-refractivity contribution in [3.63, 3.8) is 0 Å². The Bertz CT molecular complexity index is 1110. The van der Waals surface area contributed by atoms with Gasteiger partial charge in [-0.25, -0.2) is 0 Å². The molecular formula is C34H40O3. The molecule has 3 nitrogen and oxygen atoms in total. The molecule has 0 atom stereocenters. The Morgan fingerprint density at radius 3 is 0.757 bits per heavy atom. The highest BCUT2D eigenvalue weighted by Crippen LogP contribution is 2.28. The number of hydrogen-bond donors (Lipinski definition) is 0. The molecule has 37 heavy (non-hydrogen) atoms. The predicted octanol–water partition coefficient (Wildman–Crippen LogP) is 8.14. The molecule has 0 spiro atoms. The van der Waals surface area contributed by atoms with Crippen molar-refractivity contribution in [2.45, 2.75) is 78.6 Å². The molecule has 0 aliphatic carbocycles. The Morgan fingerprint density at radius 2 is 0.595 bits per heavy atom. The highest BCUT2D eigenvalue weighted by atomic mass is 16.2. The van der Waals surface area contributed by atoms with Crippen LogP contribution in [-0.2, 0) is 16.2 Å². The van der Waals surface area contributed by atoms with Gasteiger partial charge in [0, 0.05) is 16.7 Å². The van der Waals surface area contributed by atoms with Gasteiger partial charge in [-0.2, -0.15) is 0 Å². The number of ketones is 3. The minimum Gasteiger partial charge on any atom is -0.293 e. The fourth-order valence-electron chi connectivity index (χ4n) is 4.26. The van der Waals surface area contributed by atoms with E-state index in [0.29, 0.717) is 16.7 Å². The smallest absolute Gasteiger partial charge is 0.181 e. The number of hydrogen-bond acceptors (Lipinski definition) is 3. The lowest BCUT2D eigenvalue weighted by molar-refractivity contribution is 0.0733. The summed E-state index contributed by atoms with van der Waals surface area (Å²) in [4.78, 5) is 41.2. The third-order valence-corrected chi connectivity index (χ3v) is 6.89. The lowest BCUT2D eigenvalue weighted by atomic mass is 9.81. The van der Waals surface area contributed by atoms with Gasteiger partial charge in [0.15, 0.2) is 17.3 Å². The summed E-state index contributed by atoms with van der Waals surface area (Å²) in [5.41, 5.74) is 4.09. The number of Topliss-reactive ketones (excluding diaryl/α,β-unsaturated/α-hetero) is 3. The van der Waals surface area contributed by atoms with Crippen LogP contribution in [0.3, 0.4) is 0 Å². The molecule has 3 rings (SSSR count). The first kappa shape index (κ1) is 28.2. The normalized spacial score (nSPS) is 12.5. The first-order valence-corrected chi connectivity index (χ1v) is 12.9. The van der Waals surface area contributed by atoms with Gasteiger partial charge in [0.25, 0.3) is 0 Å². The number of rotatable bonds is 6. The summed E-state index contributed by atoms with van der Waals surface area (Å²) < 4.78 is 0. The van der Waals surface area contributed by atoms with Crippen molar-refractivity contribution in [2.24, 2.45) is 5.92 Å². The second-order valence-electron chi connectivity index (χ2n) is 13.0. The largest absolute Gasteiger partial charge is 0.293 e. The SMILES string of the molecule is CC(C)(C)c1ccc(C(=O)C(C(=O)c2ccc(C(C)(C)C)cc2)C(=O)c2ccc(C(C)(C)C)cc2)cc1. The monoisotopic (exact) mass is 496 g/mol. The average Bonchev–Trinajstić information content (AvgIpc) is 2.82. The Hall–Kier alpha value is -3.33. The lowest BCUT2D eigenvalue weighted by Gasteiger charge is -2.21. The highest BCUT2D eigenvalue weighted by Gasteiger charge is 2.36.